The van der Waals surface area contributed by atoms with Crippen LogP contribution in [0.1, 0.15) is 39.0 Å². The number of likely N-dealkylation sites (tertiary alicyclic amines) is 1. The Labute approximate surface area is 175 Å². The fourth-order valence-corrected chi connectivity index (χ4v) is 3.99. The SMILES string of the molecule is COc1ccc(NC(C)=O)cc1NC(=O)COC(=O)[C@H]1CC(=O)N(C2CCCC2)C1. The summed E-state index contributed by atoms with van der Waals surface area (Å²) < 4.78 is 10.4. The number of ether oxygens (including phenoxy) is 2. The van der Waals surface area contributed by atoms with Crippen molar-refractivity contribution in [3.63, 3.8) is 0 Å². The smallest absolute Gasteiger partial charge is 0.311 e. The molecular formula is C21H27N3O6. The molecule has 0 aromatic heterocycles. The van der Waals surface area contributed by atoms with Gasteiger partial charge in [0.15, 0.2) is 6.61 Å². The van der Waals surface area contributed by atoms with E-state index in [4.69, 9.17) is 9.47 Å². The summed E-state index contributed by atoms with van der Waals surface area (Å²) in [5, 5.41) is 5.23. The number of carbonyl (C=O) groups excluding carboxylic acids is 4. The van der Waals surface area contributed by atoms with Crippen LogP contribution in [0.15, 0.2) is 18.2 Å². The molecule has 0 bridgehead atoms. The summed E-state index contributed by atoms with van der Waals surface area (Å²) in [5.41, 5.74) is 0.834. The summed E-state index contributed by atoms with van der Waals surface area (Å²) in [5.74, 6) is -1.49. The Hall–Kier alpha value is -3.10. The maximum atomic E-state index is 12.4. The molecular weight excluding hydrogens is 390 g/mol. The molecule has 0 spiro atoms. The van der Waals surface area contributed by atoms with Gasteiger partial charge in [-0.15, -0.1) is 0 Å². The van der Waals surface area contributed by atoms with Gasteiger partial charge in [0.2, 0.25) is 11.8 Å². The fourth-order valence-electron chi connectivity index (χ4n) is 3.99. The molecule has 9 nitrogen and oxygen atoms in total. The zero-order valence-electron chi connectivity index (χ0n) is 17.2. The molecule has 3 amide bonds. The number of nitrogens with one attached hydrogen (secondary N) is 2. The van der Waals surface area contributed by atoms with E-state index in [1.807, 2.05) is 0 Å². The summed E-state index contributed by atoms with van der Waals surface area (Å²) >= 11 is 0. The molecule has 162 valence electrons. The Morgan fingerprint density at radius 3 is 2.57 bits per heavy atom. The van der Waals surface area contributed by atoms with E-state index in [1.54, 1.807) is 23.1 Å². The van der Waals surface area contributed by atoms with Gasteiger partial charge in [-0.3, -0.25) is 19.2 Å². The maximum absolute atomic E-state index is 12.4. The largest absolute Gasteiger partial charge is 0.495 e. The number of carbonyl (C=O) groups is 4. The van der Waals surface area contributed by atoms with Crippen molar-refractivity contribution >= 4 is 35.1 Å². The van der Waals surface area contributed by atoms with E-state index in [1.165, 1.54) is 14.0 Å². The van der Waals surface area contributed by atoms with Crippen LogP contribution in [0.25, 0.3) is 0 Å². The van der Waals surface area contributed by atoms with Gasteiger partial charge in [0.05, 0.1) is 18.7 Å². The van der Waals surface area contributed by atoms with Crippen molar-refractivity contribution in [1.29, 1.82) is 0 Å². The number of nitrogens with zero attached hydrogens (tertiary/aromatic N) is 1. The number of esters is 1. The lowest BCUT2D eigenvalue weighted by atomic mass is 10.1. The third kappa shape index (κ3) is 5.28. The molecule has 2 fully saturated rings. The van der Waals surface area contributed by atoms with Crippen LogP contribution in [0, 0.1) is 5.92 Å². The van der Waals surface area contributed by atoms with Crippen molar-refractivity contribution in [3.05, 3.63) is 18.2 Å². The van der Waals surface area contributed by atoms with Gasteiger partial charge in [0.25, 0.3) is 5.91 Å². The predicted octanol–water partition coefficient (Wildman–Crippen LogP) is 1.93. The van der Waals surface area contributed by atoms with Crippen LogP contribution in [0.2, 0.25) is 0 Å². The van der Waals surface area contributed by atoms with Gasteiger partial charge in [-0.05, 0) is 31.0 Å². The quantitative estimate of drug-likeness (QED) is 0.655. The number of anilines is 2. The number of methoxy groups -OCH3 is 1. The summed E-state index contributed by atoms with van der Waals surface area (Å²) in [6, 6.07) is 5.02. The number of hydrogen-bond donors (Lipinski definition) is 2. The van der Waals surface area contributed by atoms with E-state index in [0.717, 1.165) is 25.7 Å². The maximum Gasteiger partial charge on any atom is 0.311 e. The molecule has 2 aliphatic rings. The van der Waals surface area contributed by atoms with Crippen molar-refractivity contribution < 1.29 is 28.7 Å². The molecule has 1 heterocycles. The van der Waals surface area contributed by atoms with Gasteiger partial charge in [-0.2, -0.15) is 0 Å². The topological polar surface area (TPSA) is 114 Å². The molecule has 9 heteroatoms. The molecule has 1 saturated heterocycles. The van der Waals surface area contributed by atoms with E-state index in [0.29, 0.717) is 23.7 Å². The first-order valence-corrected chi connectivity index (χ1v) is 10.1. The van der Waals surface area contributed by atoms with Gasteiger partial charge in [-0.1, -0.05) is 12.8 Å². The van der Waals surface area contributed by atoms with Crippen molar-refractivity contribution in [2.75, 3.05) is 30.9 Å². The molecule has 1 aliphatic carbocycles. The minimum absolute atomic E-state index is 0.0205. The monoisotopic (exact) mass is 417 g/mol. The average molecular weight is 417 g/mol. The Morgan fingerprint density at radius 1 is 1.17 bits per heavy atom. The minimum atomic E-state index is -0.544. The first-order chi connectivity index (χ1) is 14.4. The molecule has 30 heavy (non-hydrogen) atoms. The summed E-state index contributed by atoms with van der Waals surface area (Å²) in [4.78, 5) is 49.9. The second-order valence-electron chi connectivity index (χ2n) is 7.64. The number of amides is 3. The summed E-state index contributed by atoms with van der Waals surface area (Å²) in [6.45, 7) is 1.26. The Bertz CT molecular complexity index is 834. The Morgan fingerprint density at radius 2 is 1.90 bits per heavy atom. The molecule has 3 rings (SSSR count). The van der Waals surface area contributed by atoms with Crippen LogP contribution in [-0.4, -0.2) is 54.9 Å². The molecule has 1 aliphatic heterocycles. The molecule has 1 saturated carbocycles. The highest BCUT2D eigenvalue weighted by Gasteiger charge is 2.39. The Balaban J connectivity index is 1.52. The molecule has 1 aromatic rings. The van der Waals surface area contributed by atoms with Crippen LogP contribution in [0.5, 0.6) is 5.75 Å². The third-order valence-electron chi connectivity index (χ3n) is 5.40. The van der Waals surface area contributed by atoms with Gasteiger partial charge in [0, 0.05) is 31.6 Å². The van der Waals surface area contributed by atoms with Crippen molar-refractivity contribution in [3.8, 4) is 5.75 Å². The highest BCUT2D eigenvalue weighted by Crippen LogP contribution is 2.30. The first kappa shape index (κ1) is 21.6. The first-order valence-electron chi connectivity index (χ1n) is 10.1. The number of rotatable bonds is 7. The molecule has 2 N–H and O–H groups in total. The van der Waals surface area contributed by atoms with E-state index in [2.05, 4.69) is 10.6 Å². The average Bonchev–Trinajstić information content (AvgIpc) is 3.35. The standard InChI is InChI=1S/C21H27N3O6/c1-13(25)22-15-7-8-18(29-2)17(10-15)23-19(26)12-30-21(28)14-9-20(27)24(11-14)16-5-3-4-6-16/h7-8,10,14,16H,3-6,9,11-12H2,1-2H3,(H,22,25)(H,23,26)/t14-/m0/s1. The summed E-state index contributed by atoms with van der Waals surface area (Å²) in [7, 11) is 1.45. The third-order valence-corrected chi connectivity index (χ3v) is 5.40. The van der Waals surface area contributed by atoms with Crippen LogP contribution in [0.4, 0.5) is 11.4 Å². The zero-order valence-corrected chi connectivity index (χ0v) is 17.2. The van der Waals surface area contributed by atoms with E-state index < -0.39 is 24.4 Å². The lowest BCUT2D eigenvalue weighted by Gasteiger charge is -2.23. The molecule has 0 radical (unpaired) electrons. The van der Waals surface area contributed by atoms with Gasteiger partial charge in [-0.25, -0.2) is 0 Å². The lowest BCUT2D eigenvalue weighted by Crippen LogP contribution is -2.35. The number of hydrogen-bond acceptors (Lipinski definition) is 6. The van der Waals surface area contributed by atoms with Gasteiger partial charge >= 0.3 is 5.97 Å². The van der Waals surface area contributed by atoms with Crippen LogP contribution < -0.4 is 15.4 Å². The Kier molecular flexibility index (Phi) is 6.91. The normalized spacial score (nSPS) is 18.9. The molecule has 0 unspecified atom stereocenters. The second kappa shape index (κ2) is 9.60. The fraction of sp³-hybridized carbons (Fsp3) is 0.524. The molecule has 1 atom stereocenters. The van der Waals surface area contributed by atoms with Gasteiger partial charge < -0.3 is 25.0 Å². The van der Waals surface area contributed by atoms with Crippen LogP contribution in [-0.2, 0) is 23.9 Å². The van der Waals surface area contributed by atoms with Crippen molar-refractivity contribution in [2.45, 2.75) is 45.1 Å². The van der Waals surface area contributed by atoms with Crippen molar-refractivity contribution in [2.24, 2.45) is 5.92 Å². The van der Waals surface area contributed by atoms with Crippen molar-refractivity contribution in [1.82, 2.24) is 4.90 Å². The highest BCUT2D eigenvalue weighted by molar-refractivity contribution is 5.96. The van der Waals surface area contributed by atoms with Crippen LogP contribution in [0.3, 0.4) is 0 Å². The minimum Gasteiger partial charge on any atom is -0.495 e. The summed E-state index contributed by atoms with van der Waals surface area (Å²) in [6.07, 6.45) is 4.31. The van der Waals surface area contributed by atoms with E-state index in [9.17, 15) is 19.2 Å². The number of benzene rings is 1. The van der Waals surface area contributed by atoms with E-state index >= 15 is 0 Å². The second-order valence-corrected chi connectivity index (χ2v) is 7.64. The van der Waals surface area contributed by atoms with Crippen LogP contribution >= 0.6 is 0 Å². The zero-order chi connectivity index (χ0) is 21.7. The molecule has 1 aromatic carbocycles. The van der Waals surface area contributed by atoms with E-state index in [-0.39, 0.29) is 24.3 Å². The predicted molar refractivity (Wildman–Crippen MR) is 109 cm³/mol. The van der Waals surface area contributed by atoms with Gasteiger partial charge in [0.1, 0.15) is 5.75 Å². The highest BCUT2D eigenvalue weighted by atomic mass is 16.5. The lowest BCUT2D eigenvalue weighted by molar-refractivity contribution is -0.151.